The predicted molar refractivity (Wildman–Crippen MR) is 59.7 cm³/mol. The third-order valence-electron chi connectivity index (χ3n) is 2.74. The molecule has 0 saturated heterocycles. The second-order valence-corrected chi connectivity index (χ2v) is 3.79. The van der Waals surface area contributed by atoms with Crippen molar-refractivity contribution in [1.29, 1.82) is 0 Å². The lowest BCUT2D eigenvalue weighted by Crippen LogP contribution is -2.06. The molecule has 0 atom stereocenters. The molecule has 1 rings (SSSR count). The molecule has 72 valence electrons. The molecule has 0 heteroatoms. The second kappa shape index (κ2) is 5.80. The fourth-order valence-electron chi connectivity index (χ4n) is 1.90. The van der Waals surface area contributed by atoms with Crippen molar-refractivity contribution in [2.75, 3.05) is 0 Å². The van der Waals surface area contributed by atoms with Crippen LogP contribution in [-0.2, 0) is 0 Å². The van der Waals surface area contributed by atoms with Gasteiger partial charge < -0.3 is 0 Å². The van der Waals surface area contributed by atoms with E-state index in [4.69, 9.17) is 0 Å². The Morgan fingerprint density at radius 1 is 1.15 bits per heavy atom. The molecule has 0 amide bonds. The normalized spacial score (nSPS) is 20.1. The van der Waals surface area contributed by atoms with E-state index in [0.717, 1.165) is 5.92 Å². The van der Waals surface area contributed by atoms with Gasteiger partial charge in [0.1, 0.15) is 0 Å². The maximum absolute atomic E-state index is 4.13. The molecule has 1 fully saturated rings. The summed E-state index contributed by atoms with van der Waals surface area (Å²) in [7, 11) is 0. The molecule has 0 N–H and O–H groups in total. The number of hydrogen-bond donors (Lipinski definition) is 0. The maximum atomic E-state index is 4.13. The summed E-state index contributed by atoms with van der Waals surface area (Å²) in [6.07, 6.45) is 15.3. The Labute approximate surface area is 82.0 Å². The van der Waals surface area contributed by atoms with Gasteiger partial charge in [0.05, 0.1) is 0 Å². The number of hydrogen-bond acceptors (Lipinski definition) is 0. The monoisotopic (exact) mass is 176 g/mol. The van der Waals surface area contributed by atoms with E-state index in [1.807, 2.05) is 13.0 Å². The van der Waals surface area contributed by atoms with Crippen molar-refractivity contribution in [3.05, 3.63) is 36.5 Å². The standard InChI is InChI=1S/C13H20/c1-3-4-6-9-12(2)13-10-7-5-8-11-13/h3-4,6,9,13H,2,5,7-8,10-11H2,1H3. The molecule has 0 aromatic heterocycles. The third-order valence-corrected chi connectivity index (χ3v) is 2.74. The molecule has 1 saturated carbocycles. The molecule has 0 aromatic rings. The highest BCUT2D eigenvalue weighted by Crippen LogP contribution is 2.29. The predicted octanol–water partition coefficient (Wildman–Crippen LogP) is 4.26. The first-order chi connectivity index (χ1) is 6.34. The second-order valence-electron chi connectivity index (χ2n) is 3.79. The summed E-state index contributed by atoms with van der Waals surface area (Å²) < 4.78 is 0. The molecule has 0 unspecified atom stereocenters. The van der Waals surface area contributed by atoms with Crippen LogP contribution in [0.25, 0.3) is 0 Å². The third kappa shape index (κ3) is 3.63. The topological polar surface area (TPSA) is 0 Å². The van der Waals surface area contributed by atoms with Gasteiger partial charge in [-0.25, -0.2) is 0 Å². The van der Waals surface area contributed by atoms with E-state index in [1.165, 1.54) is 37.7 Å². The smallest absolute Gasteiger partial charge is 0.0168 e. The largest absolute Gasteiger partial charge is 0.0955 e. The first-order valence-electron chi connectivity index (χ1n) is 5.32. The van der Waals surface area contributed by atoms with Crippen LogP contribution in [0.2, 0.25) is 0 Å². The zero-order chi connectivity index (χ0) is 9.52. The van der Waals surface area contributed by atoms with E-state index in [1.54, 1.807) is 0 Å². The van der Waals surface area contributed by atoms with Gasteiger partial charge in [0.2, 0.25) is 0 Å². The summed E-state index contributed by atoms with van der Waals surface area (Å²) >= 11 is 0. The van der Waals surface area contributed by atoms with Crippen molar-refractivity contribution in [2.45, 2.75) is 39.0 Å². The maximum Gasteiger partial charge on any atom is -0.0168 e. The Kier molecular flexibility index (Phi) is 4.59. The lowest BCUT2D eigenvalue weighted by Gasteiger charge is -2.21. The molecule has 0 bridgehead atoms. The van der Waals surface area contributed by atoms with E-state index in [9.17, 15) is 0 Å². The van der Waals surface area contributed by atoms with Crippen LogP contribution in [0.4, 0.5) is 0 Å². The van der Waals surface area contributed by atoms with Crippen LogP contribution in [0.1, 0.15) is 39.0 Å². The summed E-state index contributed by atoms with van der Waals surface area (Å²) in [5.41, 5.74) is 1.32. The molecule has 13 heavy (non-hydrogen) atoms. The highest BCUT2D eigenvalue weighted by molar-refractivity contribution is 5.21. The first-order valence-corrected chi connectivity index (χ1v) is 5.32. The minimum atomic E-state index is 0.759. The van der Waals surface area contributed by atoms with Gasteiger partial charge in [0, 0.05) is 0 Å². The van der Waals surface area contributed by atoms with Gasteiger partial charge in [-0.15, -0.1) is 0 Å². The van der Waals surface area contributed by atoms with E-state index >= 15 is 0 Å². The molecule has 0 nitrogen and oxygen atoms in total. The quantitative estimate of drug-likeness (QED) is 0.564. The fraction of sp³-hybridized carbons (Fsp3) is 0.538. The molecule has 0 aromatic carbocycles. The van der Waals surface area contributed by atoms with Gasteiger partial charge in [-0.2, -0.15) is 0 Å². The van der Waals surface area contributed by atoms with E-state index in [2.05, 4.69) is 24.8 Å². The van der Waals surface area contributed by atoms with Gasteiger partial charge in [0.15, 0.2) is 0 Å². The van der Waals surface area contributed by atoms with E-state index in [-0.39, 0.29) is 0 Å². The van der Waals surface area contributed by atoms with E-state index in [0.29, 0.717) is 0 Å². The Hall–Kier alpha value is -0.780. The fourth-order valence-corrected chi connectivity index (χ4v) is 1.90. The van der Waals surface area contributed by atoms with Crippen LogP contribution >= 0.6 is 0 Å². The Bertz CT molecular complexity index is 202. The number of allylic oxidation sites excluding steroid dienone is 5. The van der Waals surface area contributed by atoms with Gasteiger partial charge >= 0.3 is 0 Å². The van der Waals surface area contributed by atoms with E-state index < -0.39 is 0 Å². The summed E-state index contributed by atoms with van der Waals surface area (Å²) in [5, 5.41) is 0. The summed E-state index contributed by atoms with van der Waals surface area (Å²) in [6.45, 7) is 6.16. The molecule has 1 aliphatic carbocycles. The minimum Gasteiger partial charge on any atom is -0.0955 e. The molecule has 0 spiro atoms. The summed E-state index contributed by atoms with van der Waals surface area (Å²) in [6, 6.07) is 0. The van der Waals surface area contributed by atoms with Crippen LogP contribution in [0.15, 0.2) is 36.5 Å². The first kappa shape index (κ1) is 10.3. The van der Waals surface area contributed by atoms with Crippen molar-refractivity contribution < 1.29 is 0 Å². The Morgan fingerprint density at radius 2 is 1.85 bits per heavy atom. The zero-order valence-electron chi connectivity index (χ0n) is 8.63. The highest BCUT2D eigenvalue weighted by Gasteiger charge is 2.13. The molecule has 0 radical (unpaired) electrons. The molecule has 0 aliphatic heterocycles. The van der Waals surface area contributed by atoms with Crippen LogP contribution in [0.5, 0.6) is 0 Å². The minimum absolute atomic E-state index is 0.759. The average Bonchev–Trinajstić information content (AvgIpc) is 2.19. The average molecular weight is 176 g/mol. The lowest BCUT2D eigenvalue weighted by molar-refractivity contribution is 0.409. The Morgan fingerprint density at radius 3 is 2.46 bits per heavy atom. The molecule has 0 heterocycles. The Balaban J connectivity index is 2.37. The van der Waals surface area contributed by atoms with Crippen molar-refractivity contribution in [1.82, 2.24) is 0 Å². The van der Waals surface area contributed by atoms with Crippen LogP contribution in [-0.4, -0.2) is 0 Å². The van der Waals surface area contributed by atoms with Crippen LogP contribution < -0.4 is 0 Å². The molecular weight excluding hydrogens is 156 g/mol. The summed E-state index contributed by atoms with van der Waals surface area (Å²) in [4.78, 5) is 0. The van der Waals surface area contributed by atoms with Gasteiger partial charge in [-0.05, 0) is 25.7 Å². The van der Waals surface area contributed by atoms with Crippen molar-refractivity contribution in [3.8, 4) is 0 Å². The SMILES string of the molecule is C=C(C=CC=CC)C1CCCCC1. The molecule has 1 aliphatic rings. The van der Waals surface area contributed by atoms with Crippen molar-refractivity contribution >= 4 is 0 Å². The van der Waals surface area contributed by atoms with Crippen molar-refractivity contribution in [2.24, 2.45) is 5.92 Å². The number of rotatable bonds is 3. The zero-order valence-corrected chi connectivity index (χ0v) is 8.63. The van der Waals surface area contributed by atoms with Gasteiger partial charge in [-0.1, -0.05) is 55.7 Å². The van der Waals surface area contributed by atoms with Crippen molar-refractivity contribution in [3.63, 3.8) is 0 Å². The lowest BCUT2D eigenvalue weighted by atomic mass is 9.84. The molecular formula is C13H20. The van der Waals surface area contributed by atoms with Gasteiger partial charge in [0.25, 0.3) is 0 Å². The van der Waals surface area contributed by atoms with Crippen LogP contribution in [0, 0.1) is 5.92 Å². The van der Waals surface area contributed by atoms with Gasteiger partial charge in [-0.3, -0.25) is 0 Å². The summed E-state index contributed by atoms with van der Waals surface area (Å²) in [5.74, 6) is 0.759. The highest BCUT2D eigenvalue weighted by atomic mass is 14.2. The van der Waals surface area contributed by atoms with Crippen LogP contribution in [0.3, 0.4) is 0 Å².